The van der Waals surface area contributed by atoms with Gasteiger partial charge in [-0.05, 0) is 128 Å². The van der Waals surface area contributed by atoms with Crippen molar-refractivity contribution >= 4 is 17.9 Å². The standard InChI is InChI=1S/C76H122O6/c1-4-7-10-13-16-19-22-25-28-30-32-34-35-36-37-38-39-40-41-43-44-46-48-51-54-57-60-63-66-69-75(78)81-72-73(71-80-74(77)68-65-62-59-56-53-50-27-24-21-18-15-12-9-6-3)82-76(79)70-67-64-61-58-55-52-49-47-45-42-33-31-29-26-23-20-17-14-11-8-5-2/h7-8,10-11,16-17,19-20,25-26,28-29,32-34,36-37,39-40,42-44,47,49,55,58,73H,4-6,9,12-15,18,21-24,27,30-31,35,38,41,45-46,48,50-54,56-57,59-72H2,1-3H3/b10-7-,11-8-,19-16-,20-17-,28-25-,29-26-,34-32-,37-36-,40-39-,42-33-,44-43-,49-47-,58-55-. The van der Waals surface area contributed by atoms with E-state index in [9.17, 15) is 14.4 Å². The Labute approximate surface area is 505 Å². The normalized spacial score (nSPS) is 13.2. The minimum Gasteiger partial charge on any atom is -0.462 e. The van der Waals surface area contributed by atoms with Gasteiger partial charge in [0.15, 0.2) is 6.10 Å². The van der Waals surface area contributed by atoms with E-state index in [0.29, 0.717) is 19.3 Å². The third kappa shape index (κ3) is 65.8. The molecule has 0 N–H and O–H groups in total. The molecule has 0 aliphatic rings. The molecule has 0 spiro atoms. The van der Waals surface area contributed by atoms with Crippen LogP contribution in [0.1, 0.15) is 284 Å². The number of unbranched alkanes of at least 4 members (excludes halogenated alkanes) is 22. The van der Waals surface area contributed by atoms with Gasteiger partial charge in [0.25, 0.3) is 0 Å². The lowest BCUT2D eigenvalue weighted by molar-refractivity contribution is -0.167. The predicted octanol–water partition coefficient (Wildman–Crippen LogP) is 23.3. The van der Waals surface area contributed by atoms with Gasteiger partial charge in [0, 0.05) is 19.3 Å². The van der Waals surface area contributed by atoms with E-state index < -0.39 is 6.10 Å². The molecular formula is C76H122O6. The Morgan fingerprint density at radius 2 is 0.476 bits per heavy atom. The number of ether oxygens (including phenoxy) is 3. The van der Waals surface area contributed by atoms with Gasteiger partial charge in [-0.1, -0.05) is 294 Å². The number of allylic oxidation sites excluding steroid dienone is 26. The van der Waals surface area contributed by atoms with Crippen molar-refractivity contribution < 1.29 is 28.6 Å². The molecule has 0 aliphatic carbocycles. The fourth-order valence-electron chi connectivity index (χ4n) is 8.84. The summed E-state index contributed by atoms with van der Waals surface area (Å²) >= 11 is 0. The minimum atomic E-state index is -0.813. The molecule has 462 valence electrons. The van der Waals surface area contributed by atoms with Crippen molar-refractivity contribution in [2.45, 2.75) is 290 Å². The Kier molecular flexibility index (Phi) is 64.4. The molecule has 82 heavy (non-hydrogen) atoms. The largest absolute Gasteiger partial charge is 0.462 e. The van der Waals surface area contributed by atoms with Gasteiger partial charge < -0.3 is 14.2 Å². The summed E-state index contributed by atoms with van der Waals surface area (Å²) in [5.74, 6) is -0.957. The molecule has 0 aromatic carbocycles. The van der Waals surface area contributed by atoms with Gasteiger partial charge in [-0.25, -0.2) is 0 Å². The van der Waals surface area contributed by atoms with Gasteiger partial charge in [-0.15, -0.1) is 0 Å². The summed E-state index contributed by atoms with van der Waals surface area (Å²) in [6, 6.07) is 0. The first kappa shape index (κ1) is 77.0. The molecule has 6 heteroatoms. The van der Waals surface area contributed by atoms with Crippen molar-refractivity contribution in [2.75, 3.05) is 13.2 Å². The number of esters is 3. The number of hydrogen-bond donors (Lipinski definition) is 0. The van der Waals surface area contributed by atoms with E-state index in [4.69, 9.17) is 14.2 Å². The van der Waals surface area contributed by atoms with E-state index in [0.717, 1.165) is 141 Å². The summed E-state index contributed by atoms with van der Waals surface area (Å²) in [6.45, 7) is 6.38. The SMILES string of the molecule is CC/C=C\C/C=C\C/C=C\C/C=C\C/C=C\C/C=C\C/C=C\CCCCCCCCCC(=O)OCC(COC(=O)CCCCCCCCCCCCCCCC)OC(=O)CCCC/C=C\C/C=C\C/C=C\C/C=C\C/C=C\C/C=C\CC. The third-order valence-electron chi connectivity index (χ3n) is 13.8. The maximum atomic E-state index is 12.9. The molecule has 0 aromatic heterocycles. The van der Waals surface area contributed by atoms with Crippen molar-refractivity contribution in [3.05, 3.63) is 158 Å². The Hall–Kier alpha value is -4.97. The van der Waals surface area contributed by atoms with Gasteiger partial charge in [-0.3, -0.25) is 14.4 Å². The summed E-state index contributed by atoms with van der Waals surface area (Å²) in [7, 11) is 0. The average Bonchev–Trinajstić information content (AvgIpc) is 3.47. The lowest BCUT2D eigenvalue weighted by Gasteiger charge is -2.18. The molecule has 0 fully saturated rings. The van der Waals surface area contributed by atoms with Crippen LogP contribution in [-0.4, -0.2) is 37.2 Å². The van der Waals surface area contributed by atoms with Crippen molar-refractivity contribution in [1.82, 2.24) is 0 Å². The van der Waals surface area contributed by atoms with E-state index in [-0.39, 0.29) is 37.5 Å². The lowest BCUT2D eigenvalue weighted by atomic mass is 10.0. The zero-order valence-electron chi connectivity index (χ0n) is 52.9. The number of hydrogen-bond acceptors (Lipinski definition) is 6. The van der Waals surface area contributed by atoms with Crippen molar-refractivity contribution in [3.63, 3.8) is 0 Å². The maximum Gasteiger partial charge on any atom is 0.306 e. The maximum absolute atomic E-state index is 12.9. The first-order chi connectivity index (χ1) is 40.5. The summed E-state index contributed by atoms with van der Waals surface area (Å²) in [5.41, 5.74) is 0. The van der Waals surface area contributed by atoms with Crippen LogP contribution in [0.4, 0.5) is 0 Å². The van der Waals surface area contributed by atoms with Gasteiger partial charge in [0.1, 0.15) is 13.2 Å². The zero-order chi connectivity index (χ0) is 59.2. The van der Waals surface area contributed by atoms with Gasteiger partial charge >= 0.3 is 17.9 Å². The van der Waals surface area contributed by atoms with Crippen LogP contribution in [0.15, 0.2) is 158 Å². The van der Waals surface area contributed by atoms with Crippen LogP contribution >= 0.6 is 0 Å². The molecule has 6 nitrogen and oxygen atoms in total. The predicted molar refractivity (Wildman–Crippen MR) is 357 cm³/mol. The van der Waals surface area contributed by atoms with E-state index in [1.54, 1.807) is 0 Å². The summed E-state index contributed by atoms with van der Waals surface area (Å²) in [6.07, 6.45) is 99.6. The van der Waals surface area contributed by atoms with Crippen LogP contribution in [-0.2, 0) is 28.6 Å². The Morgan fingerprint density at radius 3 is 0.768 bits per heavy atom. The van der Waals surface area contributed by atoms with E-state index in [2.05, 4.69) is 179 Å². The van der Waals surface area contributed by atoms with Crippen LogP contribution < -0.4 is 0 Å². The van der Waals surface area contributed by atoms with Crippen molar-refractivity contribution in [1.29, 1.82) is 0 Å². The topological polar surface area (TPSA) is 78.9 Å². The smallest absolute Gasteiger partial charge is 0.306 e. The Morgan fingerprint density at radius 1 is 0.256 bits per heavy atom. The van der Waals surface area contributed by atoms with Gasteiger partial charge in [-0.2, -0.15) is 0 Å². The first-order valence-electron chi connectivity index (χ1n) is 33.5. The molecule has 1 atom stereocenters. The average molecular weight is 1130 g/mol. The molecule has 0 rings (SSSR count). The fraction of sp³-hybridized carbons (Fsp3) is 0.618. The second kappa shape index (κ2) is 68.5. The number of rotatable bonds is 59. The highest BCUT2D eigenvalue weighted by Gasteiger charge is 2.19. The molecule has 0 amide bonds. The number of carbonyl (C=O) groups is 3. The van der Waals surface area contributed by atoms with E-state index in [1.165, 1.54) is 96.3 Å². The third-order valence-corrected chi connectivity index (χ3v) is 13.8. The number of carbonyl (C=O) groups excluding carboxylic acids is 3. The highest BCUT2D eigenvalue weighted by Crippen LogP contribution is 2.15. The minimum absolute atomic E-state index is 0.103. The summed E-state index contributed by atoms with van der Waals surface area (Å²) in [4.78, 5) is 38.4. The molecule has 0 bridgehead atoms. The lowest BCUT2D eigenvalue weighted by Crippen LogP contribution is -2.30. The van der Waals surface area contributed by atoms with Crippen LogP contribution in [0.25, 0.3) is 0 Å². The monoisotopic (exact) mass is 1130 g/mol. The van der Waals surface area contributed by atoms with Crippen LogP contribution in [0.5, 0.6) is 0 Å². The second-order valence-corrected chi connectivity index (χ2v) is 21.6. The summed E-state index contributed by atoms with van der Waals surface area (Å²) < 4.78 is 16.9. The second-order valence-electron chi connectivity index (χ2n) is 21.6. The van der Waals surface area contributed by atoms with Crippen LogP contribution in [0, 0.1) is 0 Å². The van der Waals surface area contributed by atoms with E-state index >= 15 is 0 Å². The fourth-order valence-corrected chi connectivity index (χ4v) is 8.84. The highest BCUT2D eigenvalue weighted by atomic mass is 16.6. The van der Waals surface area contributed by atoms with Crippen molar-refractivity contribution in [2.24, 2.45) is 0 Å². The molecular weight excluding hydrogens is 1010 g/mol. The van der Waals surface area contributed by atoms with Crippen molar-refractivity contribution in [3.8, 4) is 0 Å². The van der Waals surface area contributed by atoms with Gasteiger partial charge in [0.05, 0.1) is 0 Å². The zero-order valence-corrected chi connectivity index (χ0v) is 52.9. The molecule has 0 heterocycles. The Balaban J connectivity index is 4.44. The van der Waals surface area contributed by atoms with Crippen LogP contribution in [0.3, 0.4) is 0 Å². The molecule has 0 saturated carbocycles. The molecule has 0 aliphatic heterocycles. The van der Waals surface area contributed by atoms with Crippen LogP contribution in [0.2, 0.25) is 0 Å². The van der Waals surface area contributed by atoms with Gasteiger partial charge in [0.2, 0.25) is 0 Å². The Bertz CT molecular complexity index is 1830. The first-order valence-corrected chi connectivity index (χ1v) is 33.5. The molecule has 0 saturated heterocycles. The quantitative estimate of drug-likeness (QED) is 0.0261. The molecule has 1 unspecified atom stereocenters. The molecule has 0 radical (unpaired) electrons. The summed E-state index contributed by atoms with van der Waals surface area (Å²) in [5, 5.41) is 0. The van der Waals surface area contributed by atoms with E-state index in [1.807, 2.05) is 0 Å². The molecule has 0 aromatic rings. The highest BCUT2D eigenvalue weighted by molar-refractivity contribution is 5.71.